The molecule has 7 nitrogen and oxygen atoms in total. The summed E-state index contributed by atoms with van der Waals surface area (Å²) in [6.45, 7) is 7.43. The van der Waals surface area contributed by atoms with Crippen molar-refractivity contribution in [2.75, 3.05) is 53.1 Å². The molecule has 1 saturated heterocycles. The molecule has 29 heavy (non-hydrogen) atoms. The van der Waals surface area contributed by atoms with Crippen molar-refractivity contribution in [3.05, 3.63) is 29.3 Å². The second kappa shape index (κ2) is 11.9. The Bertz CT molecular complexity index is 758. The number of nitrogens with zero attached hydrogens (tertiary/aromatic N) is 3. The number of ether oxygens (including phenoxy) is 1. The first-order valence-corrected chi connectivity index (χ1v) is 11.6. The van der Waals surface area contributed by atoms with E-state index in [1.165, 1.54) is 17.4 Å². The minimum Gasteiger partial charge on any atom is -0.492 e. The topological polar surface area (TPSA) is 74.2 Å². The average Bonchev–Trinajstić information content (AvgIpc) is 2.61. The Kier molecular flexibility index (Phi) is 10.7. The van der Waals surface area contributed by atoms with Crippen LogP contribution in [0.2, 0.25) is 0 Å². The van der Waals surface area contributed by atoms with Crippen molar-refractivity contribution in [3.8, 4) is 5.75 Å². The SMILES string of the molecule is CN=C(NCC1CCN(S(C)(=O)=O)CC1)N(C)CCOc1cc(C)cc(C)c1.I. The summed E-state index contributed by atoms with van der Waals surface area (Å²) in [6, 6.07) is 6.22. The fraction of sp³-hybridized carbons (Fsp3) is 0.650. The quantitative estimate of drug-likeness (QED) is 0.328. The van der Waals surface area contributed by atoms with Gasteiger partial charge < -0.3 is 15.0 Å². The third kappa shape index (κ3) is 8.67. The number of likely N-dealkylation sites (N-methyl/N-ethyl adjacent to an activating group) is 1. The summed E-state index contributed by atoms with van der Waals surface area (Å²) < 4.78 is 30.7. The molecule has 1 aliphatic heterocycles. The number of hydrogen-bond acceptors (Lipinski definition) is 4. The van der Waals surface area contributed by atoms with Gasteiger partial charge in [-0.2, -0.15) is 0 Å². The second-order valence-corrected chi connectivity index (χ2v) is 9.61. The molecule has 1 N–H and O–H groups in total. The number of guanidine groups is 1. The Balaban J connectivity index is 0.00000420. The first kappa shape index (κ1) is 26.0. The summed E-state index contributed by atoms with van der Waals surface area (Å²) in [5.41, 5.74) is 2.39. The van der Waals surface area contributed by atoms with Crippen molar-refractivity contribution in [1.29, 1.82) is 0 Å². The summed E-state index contributed by atoms with van der Waals surface area (Å²) >= 11 is 0. The molecule has 9 heteroatoms. The van der Waals surface area contributed by atoms with E-state index < -0.39 is 10.0 Å². The number of halogens is 1. The van der Waals surface area contributed by atoms with Crippen LogP contribution in [0, 0.1) is 19.8 Å². The van der Waals surface area contributed by atoms with Crippen molar-refractivity contribution in [2.24, 2.45) is 10.9 Å². The molecule has 1 fully saturated rings. The van der Waals surface area contributed by atoms with E-state index >= 15 is 0 Å². The maximum absolute atomic E-state index is 11.6. The van der Waals surface area contributed by atoms with Gasteiger partial charge in [0.2, 0.25) is 10.0 Å². The molecule has 1 aliphatic rings. The average molecular weight is 538 g/mol. The normalized spacial score (nSPS) is 16.2. The molecule has 0 saturated carbocycles. The second-order valence-electron chi connectivity index (χ2n) is 7.63. The maximum Gasteiger partial charge on any atom is 0.211 e. The zero-order chi connectivity index (χ0) is 20.7. The minimum atomic E-state index is -3.07. The molecule has 0 bridgehead atoms. The highest BCUT2D eigenvalue weighted by Crippen LogP contribution is 2.18. The highest BCUT2D eigenvalue weighted by Gasteiger charge is 2.25. The Morgan fingerprint density at radius 1 is 1.24 bits per heavy atom. The number of sulfonamides is 1. The molecule has 1 heterocycles. The van der Waals surface area contributed by atoms with Crippen molar-refractivity contribution in [1.82, 2.24) is 14.5 Å². The fourth-order valence-corrected chi connectivity index (χ4v) is 4.36. The Hall–Kier alpha value is -1.07. The van der Waals surface area contributed by atoms with E-state index in [0.717, 1.165) is 37.6 Å². The molecule has 0 amide bonds. The van der Waals surface area contributed by atoms with Crippen LogP contribution in [-0.4, -0.2) is 76.7 Å². The molecule has 0 atom stereocenters. The van der Waals surface area contributed by atoms with Crippen LogP contribution in [-0.2, 0) is 10.0 Å². The van der Waals surface area contributed by atoms with Crippen LogP contribution in [0.1, 0.15) is 24.0 Å². The van der Waals surface area contributed by atoms with E-state index in [0.29, 0.717) is 25.6 Å². The lowest BCUT2D eigenvalue weighted by molar-refractivity contribution is 0.267. The van der Waals surface area contributed by atoms with Crippen LogP contribution in [0.25, 0.3) is 0 Å². The molecule has 1 aromatic rings. The van der Waals surface area contributed by atoms with Gasteiger partial charge >= 0.3 is 0 Å². The highest BCUT2D eigenvalue weighted by atomic mass is 127. The largest absolute Gasteiger partial charge is 0.492 e. The fourth-order valence-electron chi connectivity index (χ4n) is 3.49. The van der Waals surface area contributed by atoms with Crippen LogP contribution >= 0.6 is 24.0 Å². The van der Waals surface area contributed by atoms with Gasteiger partial charge in [-0.1, -0.05) is 6.07 Å². The Labute approximate surface area is 193 Å². The predicted molar refractivity (Wildman–Crippen MR) is 130 cm³/mol. The summed E-state index contributed by atoms with van der Waals surface area (Å²) in [5, 5.41) is 3.41. The van der Waals surface area contributed by atoms with Gasteiger partial charge in [0, 0.05) is 33.7 Å². The van der Waals surface area contributed by atoms with E-state index in [-0.39, 0.29) is 24.0 Å². The highest BCUT2D eigenvalue weighted by molar-refractivity contribution is 14.0. The number of aryl methyl sites for hydroxylation is 2. The first-order valence-electron chi connectivity index (χ1n) is 9.77. The third-order valence-electron chi connectivity index (χ3n) is 5.06. The monoisotopic (exact) mass is 538 g/mol. The van der Waals surface area contributed by atoms with Crippen LogP contribution in [0.15, 0.2) is 23.2 Å². The maximum atomic E-state index is 11.6. The zero-order valence-corrected chi connectivity index (χ0v) is 21.3. The van der Waals surface area contributed by atoms with Crippen molar-refractivity contribution in [3.63, 3.8) is 0 Å². The lowest BCUT2D eigenvalue weighted by atomic mass is 9.98. The van der Waals surface area contributed by atoms with Gasteiger partial charge in [0.15, 0.2) is 5.96 Å². The van der Waals surface area contributed by atoms with Crippen LogP contribution in [0.5, 0.6) is 5.75 Å². The van der Waals surface area contributed by atoms with Gasteiger partial charge in [-0.25, -0.2) is 12.7 Å². The van der Waals surface area contributed by atoms with Gasteiger partial charge in [-0.05, 0) is 55.9 Å². The van der Waals surface area contributed by atoms with Crippen LogP contribution < -0.4 is 10.1 Å². The number of piperidine rings is 1. The van der Waals surface area contributed by atoms with Crippen molar-refractivity contribution >= 4 is 40.0 Å². The molecule has 0 radical (unpaired) electrons. The summed E-state index contributed by atoms with van der Waals surface area (Å²) in [5.74, 6) is 2.18. The van der Waals surface area contributed by atoms with E-state index in [1.807, 2.05) is 24.1 Å². The standard InChI is InChI=1S/C20H34N4O3S.HI/c1-16-12-17(2)14-19(13-16)27-11-10-23(4)20(21-3)22-15-18-6-8-24(9-7-18)28(5,25)26;/h12-14,18H,6-11,15H2,1-5H3,(H,21,22);1H. The van der Waals surface area contributed by atoms with Crippen molar-refractivity contribution in [2.45, 2.75) is 26.7 Å². The number of rotatable bonds is 7. The van der Waals surface area contributed by atoms with E-state index in [2.05, 4.69) is 30.2 Å². The molecule has 2 rings (SSSR count). The molecule has 166 valence electrons. The molecule has 0 aromatic heterocycles. The molecular weight excluding hydrogens is 503 g/mol. The summed E-state index contributed by atoms with van der Waals surface area (Å²) in [7, 11) is 0.696. The number of hydrogen-bond donors (Lipinski definition) is 1. The number of nitrogens with one attached hydrogen (secondary N) is 1. The van der Waals surface area contributed by atoms with Crippen LogP contribution in [0.3, 0.4) is 0 Å². The molecule has 0 aliphatic carbocycles. The smallest absolute Gasteiger partial charge is 0.211 e. The van der Waals surface area contributed by atoms with Gasteiger partial charge in [0.05, 0.1) is 12.8 Å². The molecular formula is C20H35IN4O3S. The third-order valence-corrected chi connectivity index (χ3v) is 6.36. The van der Waals surface area contributed by atoms with Crippen molar-refractivity contribution < 1.29 is 13.2 Å². The van der Waals surface area contributed by atoms with Gasteiger partial charge in [-0.3, -0.25) is 4.99 Å². The Morgan fingerprint density at radius 3 is 2.34 bits per heavy atom. The van der Waals surface area contributed by atoms with Crippen LogP contribution in [0.4, 0.5) is 0 Å². The van der Waals surface area contributed by atoms with Gasteiger partial charge in [0.1, 0.15) is 12.4 Å². The minimum absolute atomic E-state index is 0. The number of aliphatic imine (C=N–C) groups is 1. The first-order chi connectivity index (χ1) is 13.2. The lowest BCUT2D eigenvalue weighted by Gasteiger charge is -2.31. The zero-order valence-electron chi connectivity index (χ0n) is 18.1. The molecule has 0 unspecified atom stereocenters. The Morgan fingerprint density at radius 2 is 1.83 bits per heavy atom. The predicted octanol–water partition coefficient (Wildman–Crippen LogP) is 2.48. The molecule has 0 spiro atoms. The van der Waals surface area contributed by atoms with Gasteiger partial charge in [-0.15, -0.1) is 24.0 Å². The lowest BCUT2D eigenvalue weighted by Crippen LogP contribution is -2.45. The number of benzene rings is 1. The van der Waals surface area contributed by atoms with E-state index in [4.69, 9.17) is 4.74 Å². The summed E-state index contributed by atoms with van der Waals surface area (Å²) in [4.78, 5) is 6.40. The summed E-state index contributed by atoms with van der Waals surface area (Å²) in [6.07, 6.45) is 3.02. The van der Waals surface area contributed by atoms with E-state index in [9.17, 15) is 8.42 Å². The molecule has 1 aromatic carbocycles. The van der Waals surface area contributed by atoms with Gasteiger partial charge in [0.25, 0.3) is 0 Å². The van der Waals surface area contributed by atoms with E-state index in [1.54, 1.807) is 11.4 Å².